The molecule has 90 valence electrons. The Morgan fingerprint density at radius 1 is 1.12 bits per heavy atom. The van der Waals surface area contributed by atoms with Crippen LogP contribution in [0.3, 0.4) is 0 Å². The topological polar surface area (TPSA) is 0 Å². The molecule has 0 nitrogen and oxygen atoms in total. The molecule has 16 heavy (non-hydrogen) atoms. The summed E-state index contributed by atoms with van der Waals surface area (Å²) >= 11 is 6.08. The lowest BCUT2D eigenvalue weighted by molar-refractivity contribution is 0.944. The summed E-state index contributed by atoms with van der Waals surface area (Å²) in [7, 11) is -1.14. The summed E-state index contributed by atoms with van der Waals surface area (Å²) in [6, 6.07) is 12.5. The van der Waals surface area contributed by atoms with Crippen LogP contribution >= 0.6 is 11.6 Å². The average Bonchev–Trinajstić information content (AvgIpc) is 2.32. The lowest BCUT2D eigenvalue weighted by atomic mass is 10.2. The summed E-state index contributed by atoms with van der Waals surface area (Å²) in [5, 5.41) is 0.871. The third-order valence-electron chi connectivity index (χ3n) is 4.38. The lowest BCUT2D eigenvalue weighted by Gasteiger charge is -2.35. The van der Waals surface area contributed by atoms with Gasteiger partial charge in [0.15, 0.2) is 0 Å². The first-order valence-corrected chi connectivity index (χ1v) is 9.42. The van der Waals surface area contributed by atoms with Crippen LogP contribution in [-0.4, -0.2) is 8.07 Å². The van der Waals surface area contributed by atoms with Crippen LogP contribution in [-0.2, 0) is 0 Å². The molecule has 0 N–H and O–H groups in total. The fraction of sp³-hybridized carbons (Fsp3) is 0.571. The van der Waals surface area contributed by atoms with Gasteiger partial charge in [0.2, 0.25) is 0 Å². The smallest absolute Gasteiger partial charge is 0.0601 e. The fourth-order valence-electron chi connectivity index (χ4n) is 2.80. The van der Waals surface area contributed by atoms with Crippen molar-refractivity contribution in [1.82, 2.24) is 0 Å². The van der Waals surface area contributed by atoms with Crippen molar-refractivity contribution in [3.8, 4) is 0 Å². The summed E-state index contributed by atoms with van der Waals surface area (Å²) in [6.07, 6.45) is 0. The van der Waals surface area contributed by atoms with Gasteiger partial charge in [-0.1, -0.05) is 69.6 Å². The summed E-state index contributed by atoms with van der Waals surface area (Å²) in [5.41, 5.74) is 2.15. The fourth-order valence-corrected chi connectivity index (χ4v) is 7.22. The van der Waals surface area contributed by atoms with E-state index < -0.39 is 8.07 Å². The molecule has 0 aliphatic rings. The maximum Gasteiger partial charge on any atom is 0.0601 e. The van der Waals surface area contributed by atoms with Gasteiger partial charge in [0.1, 0.15) is 0 Å². The maximum absolute atomic E-state index is 6.08. The summed E-state index contributed by atoms with van der Waals surface area (Å²) in [4.78, 5) is 0. The molecule has 0 heterocycles. The number of hydrogen-bond donors (Lipinski definition) is 0. The van der Waals surface area contributed by atoms with Crippen LogP contribution in [0.1, 0.15) is 38.8 Å². The Balaban J connectivity index is 3.03. The van der Waals surface area contributed by atoms with Crippen molar-refractivity contribution in [1.29, 1.82) is 0 Å². The summed E-state index contributed by atoms with van der Waals surface area (Å²) in [5.74, 6) is 0. The Labute approximate surface area is 106 Å². The van der Waals surface area contributed by atoms with Crippen molar-refractivity contribution in [3.63, 3.8) is 0 Å². The van der Waals surface area contributed by atoms with Gasteiger partial charge in [-0.3, -0.25) is 0 Å². The normalized spacial score (nSPS) is 13.8. The second-order valence-electron chi connectivity index (χ2n) is 4.70. The van der Waals surface area contributed by atoms with Crippen molar-refractivity contribution in [2.24, 2.45) is 0 Å². The van der Waals surface area contributed by atoms with Crippen molar-refractivity contribution >= 4 is 19.7 Å². The van der Waals surface area contributed by atoms with Gasteiger partial charge in [0.25, 0.3) is 0 Å². The molecule has 0 aromatic heterocycles. The van der Waals surface area contributed by atoms with Crippen LogP contribution in [0.4, 0.5) is 0 Å². The van der Waals surface area contributed by atoms with Gasteiger partial charge in [-0.15, -0.1) is 0 Å². The monoisotopic (exact) mass is 254 g/mol. The molecule has 1 unspecified atom stereocenters. The highest BCUT2D eigenvalue weighted by Crippen LogP contribution is 2.36. The number of benzene rings is 1. The van der Waals surface area contributed by atoms with E-state index in [1.54, 1.807) is 0 Å². The third kappa shape index (κ3) is 2.69. The first-order chi connectivity index (χ1) is 7.59. The minimum atomic E-state index is -1.14. The van der Waals surface area contributed by atoms with E-state index in [-0.39, 0.29) is 0 Å². The molecule has 0 bridgehead atoms. The van der Waals surface area contributed by atoms with Gasteiger partial charge < -0.3 is 0 Å². The second kappa shape index (κ2) is 5.88. The Morgan fingerprint density at radius 3 is 2.12 bits per heavy atom. The SMILES string of the molecule is CC[Si](CC)(CC)C(C)c1cccc(Cl)c1. The van der Waals surface area contributed by atoms with Crippen LogP contribution in [0.5, 0.6) is 0 Å². The summed E-state index contributed by atoms with van der Waals surface area (Å²) < 4.78 is 0. The lowest BCUT2D eigenvalue weighted by Crippen LogP contribution is -2.38. The third-order valence-corrected chi connectivity index (χ3v) is 11.0. The van der Waals surface area contributed by atoms with Gasteiger partial charge in [0, 0.05) is 5.02 Å². The van der Waals surface area contributed by atoms with E-state index in [1.165, 1.54) is 23.7 Å². The van der Waals surface area contributed by atoms with E-state index in [2.05, 4.69) is 45.9 Å². The number of hydrogen-bond acceptors (Lipinski definition) is 0. The molecule has 0 aliphatic carbocycles. The first kappa shape index (κ1) is 13.8. The van der Waals surface area contributed by atoms with Crippen LogP contribution in [0, 0.1) is 0 Å². The molecular weight excluding hydrogens is 232 g/mol. The molecule has 1 aromatic carbocycles. The molecule has 0 saturated carbocycles. The minimum Gasteiger partial charge on any atom is -0.0843 e. The van der Waals surface area contributed by atoms with Gasteiger partial charge in [-0.25, -0.2) is 0 Å². The molecule has 0 fully saturated rings. The highest BCUT2D eigenvalue weighted by Gasteiger charge is 2.34. The van der Waals surface area contributed by atoms with Crippen molar-refractivity contribution in [3.05, 3.63) is 34.9 Å². The largest absolute Gasteiger partial charge is 0.0843 e. The van der Waals surface area contributed by atoms with Gasteiger partial charge in [-0.05, 0) is 23.2 Å². The molecule has 1 aromatic rings. The minimum absolute atomic E-state index is 0.714. The standard InChI is InChI=1S/C14H23ClSi/c1-5-16(6-2,7-3)12(4)13-9-8-10-14(15)11-13/h8-12H,5-7H2,1-4H3. The number of halogens is 1. The van der Waals surface area contributed by atoms with E-state index in [0.717, 1.165) is 5.02 Å². The summed E-state index contributed by atoms with van der Waals surface area (Å²) in [6.45, 7) is 9.48. The van der Waals surface area contributed by atoms with E-state index in [4.69, 9.17) is 11.6 Å². The quantitative estimate of drug-likeness (QED) is 0.610. The second-order valence-corrected chi connectivity index (χ2v) is 10.8. The maximum atomic E-state index is 6.08. The van der Waals surface area contributed by atoms with E-state index in [0.29, 0.717) is 5.54 Å². The van der Waals surface area contributed by atoms with E-state index in [1.807, 2.05) is 6.07 Å². The predicted molar refractivity (Wildman–Crippen MR) is 77.1 cm³/mol. The van der Waals surface area contributed by atoms with Crippen LogP contribution in [0.15, 0.2) is 24.3 Å². The van der Waals surface area contributed by atoms with Crippen molar-refractivity contribution in [2.75, 3.05) is 0 Å². The zero-order valence-corrected chi connectivity index (χ0v) is 12.6. The Bertz CT molecular complexity index is 323. The van der Waals surface area contributed by atoms with Gasteiger partial charge in [-0.2, -0.15) is 0 Å². The Hall–Kier alpha value is -0.273. The predicted octanol–water partition coefficient (Wildman–Crippen LogP) is 5.49. The average molecular weight is 255 g/mol. The number of rotatable bonds is 5. The molecule has 0 aliphatic heterocycles. The van der Waals surface area contributed by atoms with Crippen molar-refractivity contribution in [2.45, 2.75) is 51.4 Å². The van der Waals surface area contributed by atoms with Crippen molar-refractivity contribution < 1.29 is 0 Å². The van der Waals surface area contributed by atoms with Gasteiger partial charge >= 0.3 is 0 Å². The molecule has 0 saturated heterocycles. The molecule has 0 amide bonds. The first-order valence-electron chi connectivity index (χ1n) is 6.35. The molecule has 0 spiro atoms. The van der Waals surface area contributed by atoms with E-state index >= 15 is 0 Å². The molecule has 1 rings (SSSR count). The zero-order chi connectivity index (χ0) is 12.2. The highest BCUT2D eigenvalue weighted by molar-refractivity contribution is 6.80. The Morgan fingerprint density at radius 2 is 1.69 bits per heavy atom. The Kier molecular flexibility index (Phi) is 5.07. The zero-order valence-electron chi connectivity index (χ0n) is 10.9. The highest BCUT2D eigenvalue weighted by atomic mass is 35.5. The molecule has 1 atom stereocenters. The van der Waals surface area contributed by atoms with Gasteiger partial charge in [0.05, 0.1) is 8.07 Å². The van der Waals surface area contributed by atoms with Crippen LogP contribution in [0.2, 0.25) is 23.2 Å². The van der Waals surface area contributed by atoms with Crippen LogP contribution in [0.25, 0.3) is 0 Å². The molecule has 2 heteroatoms. The van der Waals surface area contributed by atoms with E-state index in [9.17, 15) is 0 Å². The van der Waals surface area contributed by atoms with Crippen LogP contribution < -0.4 is 0 Å². The molecular formula is C14H23ClSi. The molecule has 0 radical (unpaired) electrons.